The maximum atomic E-state index is 14.4. The molecule has 0 unspecified atom stereocenters. The zero-order chi connectivity index (χ0) is 39.3. The van der Waals surface area contributed by atoms with Gasteiger partial charge < -0.3 is 29.9 Å². The number of aromatic hydroxyl groups is 1. The summed E-state index contributed by atoms with van der Waals surface area (Å²) in [6.07, 6.45) is -3.18. The first kappa shape index (κ1) is 38.2. The quantitative estimate of drug-likeness (QED) is 0.199. The van der Waals surface area contributed by atoms with E-state index in [0.29, 0.717) is 16.9 Å². The number of anilines is 2. The van der Waals surface area contributed by atoms with Crippen LogP contribution in [0.5, 0.6) is 5.75 Å². The summed E-state index contributed by atoms with van der Waals surface area (Å²) in [5, 5.41) is 32.3. The molecule has 2 aromatic carbocycles. The number of carbonyl (C=O) groups is 2. The minimum Gasteiger partial charge on any atom is -0.504 e. The van der Waals surface area contributed by atoms with Gasteiger partial charge in [-0.15, -0.1) is 15.0 Å². The second-order valence-electron chi connectivity index (χ2n) is 13.5. The van der Waals surface area contributed by atoms with Gasteiger partial charge in [0.2, 0.25) is 11.3 Å². The lowest BCUT2D eigenvalue weighted by atomic mass is 9.98. The third-order valence-electron chi connectivity index (χ3n) is 9.31. The molecule has 1 saturated heterocycles. The number of aryl methyl sites for hydroxylation is 1. The molecule has 1 aliphatic heterocycles. The number of piperazine rings is 1. The third kappa shape index (κ3) is 7.33. The summed E-state index contributed by atoms with van der Waals surface area (Å²) in [6, 6.07) is 8.89. The van der Waals surface area contributed by atoms with Gasteiger partial charge in [0.25, 0.3) is 5.91 Å². The Labute approximate surface area is 311 Å². The molecule has 14 nitrogen and oxygen atoms in total. The predicted octanol–water partition coefficient (Wildman–Crippen LogP) is 4.84. The van der Waals surface area contributed by atoms with Gasteiger partial charge in [0.1, 0.15) is 18.6 Å². The highest BCUT2D eigenvalue weighted by Gasteiger charge is 2.35. The molecule has 3 aromatic heterocycles. The molecule has 5 aromatic rings. The maximum Gasteiger partial charge on any atom is 0.416 e. The fraction of sp³-hybridized carbons (Fsp3) is 0.361. The monoisotopic (exact) mass is 767 g/mol. The van der Waals surface area contributed by atoms with Gasteiger partial charge >= 0.3 is 6.18 Å². The number of aliphatic hydroxyl groups is 1. The van der Waals surface area contributed by atoms with Crippen LogP contribution in [0.2, 0.25) is 5.02 Å². The van der Waals surface area contributed by atoms with Crippen LogP contribution in [0.15, 0.2) is 53.6 Å². The molecule has 0 spiro atoms. The fourth-order valence-electron chi connectivity index (χ4n) is 6.45. The van der Waals surface area contributed by atoms with Crippen molar-refractivity contribution < 1.29 is 33.0 Å². The number of alkyl halides is 3. The lowest BCUT2D eigenvalue weighted by Gasteiger charge is -2.41. The van der Waals surface area contributed by atoms with Crippen LogP contribution in [0.3, 0.4) is 0 Å². The summed E-state index contributed by atoms with van der Waals surface area (Å²) < 4.78 is 41.3. The minimum absolute atomic E-state index is 0.0414. The van der Waals surface area contributed by atoms with E-state index in [2.05, 4.69) is 25.5 Å². The van der Waals surface area contributed by atoms with E-state index in [9.17, 15) is 37.8 Å². The second-order valence-corrected chi connectivity index (χ2v) is 13.9. The summed E-state index contributed by atoms with van der Waals surface area (Å²) in [5.74, 6) is -1.46. The zero-order valence-corrected chi connectivity index (χ0v) is 30.7. The number of carbonyl (C=O) groups excluding carboxylic acids is 2. The Morgan fingerprint density at radius 2 is 1.72 bits per heavy atom. The molecule has 54 heavy (non-hydrogen) atoms. The topological polar surface area (TPSA) is 172 Å². The maximum absolute atomic E-state index is 14.4. The summed E-state index contributed by atoms with van der Waals surface area (Å²) in [5.41, 5.74) is -0.657. The van der Waals surface area contributed by atoms with Crippen molar-refractivity contribution in [3.05, 3.63) is 92.2 Å². The Bertz CT molecular complexity index is 2320. The van der Waals surface area contributed by atoms with E-state index in [1.807, 2.05) is 4.90 Å². The van der Waals surface area contributed by atoms with Crippen LogP contribution in [0.1, 0.15) is 60.7 Å². The normalized spacial score (nSPS) is 15.2. The van der Waals surface area contributed by atoms with Gasteiger partial charge in [0, 0.05) is 31.4 Å². The largest absolute Gasteiger partial charge is 0.504 e. The number of nitrogens with one attached hydrogen (secondary N) is 1. The Kier molecular flexibility index (Phi) is 10.2. The van der Waals surface area contributed by atoms with Crippen LogP contribution in [0.25, 0.3) is 16.9 Å². The molecule has 0 saturated carbocycles. The zero-order valence-electron chi connectivity index (χ0n) is 29.9. The van der Waals surface area contributed by atoms with E-state index in [-0.39, 0.29) is 70.8 Å². The Morgan fingerprint density at radius 3 is 2.33 bits per heavy atom. The first-order valence-electron chi connectivity index (χ1n) is 17.0. The lowest BCUT2D eigenvalue weighted by molar-refractivity contribution is -0.137. The van der Waals surface area contributed by atoms with Crippen LogP contribution < -0.4 is 15.6 Å². The number of amides is 2. The predicted molar refractivity (Wildman–Crippen MR) is 194 cm³/mol. The van der Waals surface area contributed by atoms with Crippen LogP contribution in [-0.2, 0) is 29.5 Å². The van der Waals surface area contributed by atoms with Crippen LogP contribution in [0, 0.1) is 6.92 Å². The number of fused-ring (bicyclic) bond motifs is 1. The number of hydrogen-bond acceptors (Lipinski definition) is 10. The van der Waals surface area contributed by atoms with E-state index in [1.165, 1.54) is 15.7 Å². The number of pyridine rings is 1. The summed E-state index contributed by atoms with van der Waals surface area (Å²) in [6.45, 7) is 8.59. The van der Waals surface area contributed by atoms with Gasteiger partial charge in [0.05, 0.1) is 33.3 Å². The van der Waals surface area contributed by atoms with Gasteiger partial charge in [-0.3, -0.25) is 14.4 Å². The van der Waals surface area contributed by atoms with Crippen molar-refractivity contribution in [2.45, 2.75) is 65.4 Å². The molecular formula is C36H37ClF3N9O5. The molecule has 1 fully saturated rings. The standard InChI is InChI=1S/C36H37ClF3N9O5/c1-6-26-30(46-13-14-47(19(2)16-46)34(53)29-31(51)20(3)41-18-42-29)32(52)28-33(45-49(44-28)23-10-7-21(8-11-23)35(4,5)54)48(26)17-27(50)43-25-12-9-22(15-24(25)37)36(38,39)40/h7-12,15,18-19,51,54H,6,13-14,16-17H2,1-5H3,(H,43,50)/t19-/m1/s1. The van der Waals surface area contributed by atoms with Crippen molar-refractivity contribution in [3.8, 4) is 11.4 Å². The Balaban J connectivity index is 1.40. The van der Waals surface area contributed by atoms with Gasteiger partial charge in [0.15, 0.2) is 22.6 Å². The van der Waals surface area contributed by atoms with E-state index in [4.69, 9.17) is 11.6 Å². The van der Waals surface area contributed by atoms with E-state index >= 15 is 0 Å². The molecule has 6 rings (SSSR count). The summed E-state index contributed by atoms with van der Waals surface area (Å²) in [7, 11) is 0. The number of rotatable bonds is 8. The van der Waals surface area contributed by atoms with Crippen molar-refractivity contribution in [3.63, 3.8) is 0 Å². The average molecular weight is 768 g/mol. The fourth-order valence-corrected chi connectivity index (χ4v) is 6.68. The lowest BCUT2D eigenvalue weighted by Crippen LogP contribution is -2.55. The smallest absolute Gasteiger partial charge is 0.416 e. The minimum atomic E-state index is -4.63. The average Bonchev–Trinajstić information content (AvgIpc) is 3.56. The van der Waals surface area contributed by atoms with Crippen LogP contribution in [0.4, 0.5) is 24.5 Å². The van der Waals surface area contributed by atoms with Crippen molar-refractivity contribution in [2.75, 3.05) is 29.9 Å². The number of halogens is 4. The summed E-state index contributed by atoms with van der Waals surface area (Å²) >= 11 is 6.14. The number of nitrogens with zero attached hydrogens (tertiary/aromatic N) is 8. The van der Waals surface area contributed by atoms with E-state index in [0.717, 1.165) is 18.2 Å². The molecule has 2 amide bonds. The van der Waals surface area contributed by atoms with Gasteiger partial charge in [-0.05, 0) is 70.0 Å². The van der Waals surface area contributed by atoms with Crippen molar-refractivity contribution in [1.82, 2.24) is 34.4 Å². The number of hydrogen-bond donors (Lipinski definition) is 3. The third-order valence-corrected chi connectivity index (χ3v) is 9.62. The molecule has 284 valence electrons. The second kappa shape index (κ2) is 14.4. The molecule has 1 atom stereocenters. The van der Waals surface area contributed by atoms with E-state index in [1.54, 1.807) is 63.8 Å². The molecule has 4 heterocycles. The Hall–Kier alpha value is -5.55. The highest BCUT2D eigenvalue weighted by molar-refractivity contribution is 6.33. The number of benzene rings is 2. The molecule has 0 aliphatic carbocycles. The molecule has 0 radical (unpaired) electrons. The van der Waals surface area contributed by atoms with Gasteiger partial charge in [-0.1, -0.05) is 30.7 Å². The van der Waals surface area contributed by atoms with Crippen molar-refractivity contribution in [1.29, 1.82) is 0 Å². The SMILES string of the molecule is CCc1c(N2CCN(C(=O)c3ncnc(C)c3O)[C@H](C)C2)c(=O)c2nn(-c3ccc(C(C)(C)O)cc3)nc2n1CC(=O)Nc1ccc(C(F)(F)F)cc1Cl. The Morgan fingerprint density at radius 1 is 1.04 bits per heavy atom. The van der Waals surface area contributed by atoms with Crippen LogP contribution >= 0.6 is 11.6 Å². The molecule has 18 heteroatoms. The first-order valence-corrected chi connectivity index (χ1v) is 17.4. The van der Waals surface area contributed by atoms with Crippen molar-refractivity contribution in [2.24, 2.45) is 0 Å². The van der Waals surface area contributed by atoms with E-state index < -0.39 is 47.2 Å². The van der Waals surface area contributed by atoms with Crippen molar-refractivity contribution >= 4 is 46.0 Å². The van der Waals surface area contributed by atoms with Crippen LogP contribution in [-0.4, -0.2) is 82.1 Å². The molecule has 0 bridgehead atoms. The number of aromatic nitrogens is 6. The van der Waals surface area contributed by atoms with Gasteiger partial charge in [-0.2, -0.15) is 13.2 Å². The summed E-state index contributed by atoms with van der Waals surface area (Å²) in [4.78, 5) is 54.0. The highest BCUT2D eigenvalue weighted by Crippen LogP contribution is 2.34. The highest BCUT2D eigenvalue weighted by atomic mass is 35.5. The first-order chi connectivity index (χ1) is 25.4. The molecular weight excluding hydrogens is 731 g/mol. The molecule has 1 aliphatic rings. The van der Waals surface area contributed by atoms with Gasteiger partial charge in [-0.25, -0.2) is 9.97 Å². The molecule has 3 N–H and O–H groups in total.